The zero-order valence-electron chi connectivity index (χ0n) is 15.9. The molecule has 1 heterocycles. The molecule has 1 aliphatic heterocycles. The Balaban J connectivity index is 1.81. The predicted molar refractivity (Wildman–Crippen MR) is 110 cm³/mol. The van der Waals surface area contributed by atoms with Gasteiger partial charge in [-0.2, -0.15) is 4.31 Å². The third kappa shape index (κ3) is 4.08. The Bertz CT molecular complexity index is 923. The number of aryl methyl sites for hydroxylation is 1. The van der Waals surface area contributed by atoms with Crippen LogP contribution in [-0.2, 0) is 10.0 Å². The van der Waals surface area contributed by atoms with Gasteiger partial charge >= 0.3 is 0 Å². The van der Waals surface area contributed by atoms with Crippen LogP contribution in [0.1, 0.15) is 18.1 Å². The number of piperazine rings is 1. The smallest absolute Gasteiger partial charge is 0.246 e. The van der Waals surface area contributed by atoms with Gasteiger partial charge < -0.3 is 9.64 Å². The molecule has 0 amide bonds. The minimum atomic E-state index is -3.66. The van der Waals surface area contributed by atoms with E-state index in [0.29, 0.717) is 43.6 Å². The number of ether oxygens (including phenoxy) is 1. The van der Waals surface area contributed by atoms with Gasteiger partial charge in [-0.05, 0) is 56.2 Å². The zero-order chi connectivity index (χ0) is 19.6. The number of sulfonamides is 1. The lowest BCUT2D eigenvalue weighted by Crippen LogP contribution is -2.49. The van der Waals surface area contributed by atoms with Crippen LogP contribution in [0.2, 0.25) is 5.02 Å². The second-order valence-electron chi connectivity index (χ2n) is 6.63. The van der Waals surface area contributed by atoms with Crippen molar-refractivity contribution in [2.24, 2.45) is 0 Å². The molecule has 1 fully saturated rings. The van der Waals surface area contributed by atoms with Crippen molar-refractivity contribution in [1.29, 1.82) is 0 Å². The molecule has 0 bridgehead atoms. The molecule has 7 heteroatoms. The molecule has 0 saturated carbocycles. The summed E-state index contributed by atoms with van der Waals surface area (Å²) in [5, 5.41) is 0.381. The fraction of sp³-hybridized carbons (Fsp3) is 0.400. The third-order valence-corrected chi connectivity index (χ3v) is 7.13. The SMILES string of the molecule is CCOc1ccc(Cl)cc1S(=O)(=O)N1CCN(c2cccc(C)c2C)CC1. The van der Waals surface area contributed by atoms with E-state index in [9.17, 15) is 8.42 Å². The van der Waals surface area contributed by atoms with Crippen molar-refractivity contribution < 1.29 is 13.2 Å². The molecule has 1 aliphatic rings. The van der Waals surface area contributed by atoms with Crippen LogP contribution < -0.4 is 9.64 Å². The Labute approximate surface area is 166 Å². The van der Waals surface area contributed by atoms with E-state index in [1.807, 2.05) is 13.0 Å². The summed E-state index contributed by atoms with van der Waals surface area (Å²) >= 11 is 6.05. The van der Waals surface area contributed by atoms with Gasteiger partial charge in [0.25, 0.3) is 0 Å². The first-order chi connectivity index (χ1) is 12.8. The zero-order valence-corrected chi connectivity index (χ0v) is 17.5. The van der Waals surface area contributed by atoms with Crippen LogP contribution in [0.3, 0.4) is 0 Å². The normalized spacial score (nSPS) is 15.8. The highest BCUT2D eigenvalue weighted by atomic mass is 35.5. The number of benzene rings is 2. The average Bonchev–Trinajstić information content (AvgIpc) is 2.65. The van der Waals surface area contributed by atoms with Crippen LogP contribution in [0, 0.1) is 13.8 Å². The molecule has 0 aromatic heterocycles. The summed E-state index contributed by atoms with van der Waals surface area (Å²) in [6.45, 7) is 8.56. The summed E-state index contributed by atoms with van der Waals surface area (Å²) < 4.78 is 33.4. The molecule has 3 rings (SSSR count). The second-order valence-corrected chi connectivity index (χ2v) is 8.98. The van der Waals surface area contributed by atoms with Gasteiger partial charge in [0.1, 0.15) is 10.6 Å². The lowest BCUT2D eigenvalue weighted by atomic mass is 10.1. The number of nitrogens with zero attached hydrogens (tertiary/aromatic N) is 2. The fourth-order valence-corrected chi connectivity index (χ4v) is 5.16. The Kier molecular flexibility index (Phi) is 5.99. The van der Waals surface area contributed by atoms with Gasteiger partial charge in [0.2, 0.25) is 10.0 Å². The lowest BCUT2D eigenvalue weighted by Gasteiger charge is -2.36. The average molecular weight is 409 g/mol. The first-order valence-corrected chi connectivity index (χ1v) is 10.9. The Morgan fingerprint density at radius 1 is 1.07 bits per heavy atom. The monoisotopic (exact) mass is 408 g/mol. The number of rotatable bonds is 5. The van der Waals surface area contributed by atoms with E-state index in [1.54, 1.807) is 12.1 Å². The summed E-state index contributed by atoms with van der Waals surface area (Å²) in [4.78, 5) is 2.38. The summed E-state index contributed by atoms with van der Waals surface area (Å²) in [5.41, 5.74) is 3.65. The first kappa shape index (κ1) is 20.0. The molecular formula is C20H25ClN2O3S. The summed E-state index contributed by atoms with van der Waals surface area (Å²) in [6, 6.07) is 11.0. The standard InChI is InChI=1S/C20H25ClN2O3S/c1-4-26-19-9-8-17(21)14-20(19)27(24,25)23-12-10-22(11-13-23)18-7-5-6-15(2)16(18)3/h5-9,14H,4,10-13H2,1-3H3. The van der Waals surface area contributed by atoms with Crippen LogP contribution >= 0.6 is 11.6 Å². The van der Waals surface area contributed by atoms with Crippen molar-refractivity contribution in [1.82, 2.24) is 4.31 Å². The van der Waals surface area contributed by atoms with Gasteiger partial charge in [0, 0.05) is 36.9 Å². The van der Waals surface area contributed by atoms with Crippen molar-refractivity contribution >= 4 is 27.3 Å². The van der Waals surface area contributed by atoms with E-state index < -0.39 is 10.0 Å². The molecule has 0 spiro atoms. The first-order valence-electron chi connectivity index (χ1n) is 9.08. The number of hydrogen-bond acceptors (Lipinski definition) is 4. The maximum absolute atomic E-state index is 13.2. The van der Waals surface area contributed by atoms with E-state index in [2.05, 4.69) is 30.9 Å². The molecule has 0 N–H and O–H groups in total. The third-order valence-electron chi connectivity index (χ3n) is 4.98. The van der Waals surface area contributed by atoms with Crippen molar-refractivity contribution in [3.8, 4) is 5.75 Å². The Morgan fingerprint density at radius 3 is 2.44 bits per heavy atom. The van der Waals surface area contributed by atoms with Crippen LogP contribution in [0.4, 0.5) is 5.69 Å². The molecule has 2 aromatic rings. The Morgan fingerprint density at radius 2 is 1.78 bits per heavy atom. The molecule has 0 radical (unpaired) electrons. The topological polar surface area (TPSA) is 49.9 Å². The summed E-state index contributed by atoms with van der Waals surface area (Å²) in [5.74, 6) is 0.346. The van der Waals surface area contributed by atoms with Crippen molar-refractivity contribution in [3.63, 3.8) is 0 Å². The van der Waals surface area contributed by atoms with Crippen LogP contribution in [0.5, 0.6) is 5.75 Å². The van der Waals surface area contributed by atoms with Crippen LogP contribution in [0.25, 0.3) is 0 Å². The van der Waals surface area contributed by atoms with E-state index in [-0.39, 0.29) is 4.90 Å². The number of hydrogen-bond donors (Lipinski definition) is 0. The van der Waals surface area contributed by atoms with Gasteiger partial charge in [-0.15, -0.1) is 0 Å². The molecule has 146 valence electrons. The lowest BCUT2D eigenvalue weighted by molar-refractivity contribution is 0.327. The van der Waals surface area contributed by atoms with Gasteiger partial charge in [-0.3, -0.25) is 0 Å². The van der Waals surface area contributed by atoms with Crippen molar-refractivity contribution in [2.75, 3.05) is 37.7 Å². The Hall–Kier alpha value is -1.76. The molecule has 5 nitrogen and oxygen atoms in total. The fourth-order valence-electron chi connectivity index (χ4n) is 3.34. The number of halogens is 1. The van der Waals surface area contributed by atoms with Crippen LogP contribution in [0.15, 0.2) is 41.3 Å². The maximum atomic E-state index is 13.2. The van der Waals surface area contributed by atoms with E-state index in [1.165, 1.54) is 27.2 Å². The van der Waals surface area contributed by atoms with Gasteiger partial charge in [0.05, 0.1) is 6.61 Å². The van der Waals surface area contributed by atoms with E-state index >= 15 is 0 Å². The predicted octanol–water partition coefficient (Wildman–Crippen LogP) is 3.87. The van der Waals surface area contributed by atoms with Gasteiger partial charge in [-0.25, -0.2) is 8.42 Å². The van der Waals surface area contributed by atoms with Crippen LogP contribution in [-0.4, -0.2) is 45.5 Å². The minimum Gasteiger partial charge on any atom is -0.492 e. The molecule has 0 unspecified atom stereocenters. The van der Waals surface area contributed by atoms with Crippen molar-refractivity contribution in [3.05, 3.63) is 52.5 Å². The molecule has 1 saturated heterocycles. The molecule has 27 heavy (non-hydrogen) atoms. The quantitative estimate of drug-likeness (QED) is 0.753. The van der Waals surface area contributed by atoms with Gasteiger partial charge in [-0.1, -0.05) is 23.7 Å². The molecule has 0 atom stereocenters. The maximum Gasteiger partial charge on any atom is 0.246 e. The molecule has 2 aromatic carbocycles. The minimum absolute atomic E-state index is 0.136. The highest BCUT2D eigenvalue weighted by Crippen LogP contribution is 2.31. The highest BCUT2D eigenvalue weighted by molar-refractivity contribution is 7.89. The molecular weight excluding hydrogens is 384 g/mol. The highest BCUT2D eigenvalue weighted by Gasteiger charge is 2.31. The summed E-state index contributed by atoms with van der Waals surface area (Å²) in [7, 11) is -3.66. The summed E-state index contributed by atoms with van der Waals surface area (Å²) in [6.07, 6.45) is 0. The van der Waals surface area contributed by atoms with E-state index in [0.717, 1.165) is 0 Å². The number of anilines is 1. The van der Waals surface area contributed by atoms with E-state index in [4.69, 9.17) is 16.3 Å². The molecule has 0 aliphatic carbocycles. The van der Waals surface area contributed by atoms with Crippen molar-refractivity contribution in [2.45, 2.75) is 25.7 Å². The van der Waals surface area contributed by atoms with Gasteiger partial charge in [0.15, 0.2) is 0 Å². The second kappa shape index (κ2) is 8.09. The largest absolute Gasteiger partial charge is 0.492 e.